The monoisotopic (exact) mass is 306 g/mol. The summed E-state index contributed by atoms with van der Waals surface area (Å²) in [6.07, 6.45) is 6.02. The predicted molar refractivity (Wildman–Crippen MR) is 79.4 cm³/mol. The summed E-state index contributed by atoms with van der Waals surface area (Å²) in [6.45, 7) is 3.11. The summed E-state index contributed by atoms with van der Waals surface area (Å²) in [7, 11) is 0. The zero-order valence-electron chi connectivity index (χ0n) is 11.5. The first-order valence-corrected chi connectivity index (χ1v) is 7.05. The maximum atomic E-state index is 11.0. The molecule has 0 aliphatic carbocycles. The van der Waals surface area contributed by atoms with Gasteiger partial charge >= 0.3 is 0 Å². The standard InChI is InChI=1S/C13H15ClN6O/c1-9(21)17-12-3-5-20(18-12)11-2-4-19(8-11)13-15-6-10(14)7-16-13/h3,5-7,11H,2,4,8H2,1H3,(H,17,18,21). The van der Waals surface area contributed by atoms with Crippen molar-refractivity contribution in [2.24, 2.45) is 0 Å². The highest BCUT2D eigenvalue weighted by Crippen LogP contribution is 2.25. The molecule has 1 saturated heterocycles. The number of nitrogens with zero attached hydrogens (tertiary/aromatic N) is 5. The molecule has 1 fully saturated rings. The van der Waals surface area contributed by atoms with Gasteiger partial charge in [-0.2, -0.15) is 5.10 Å². The normalized spacial score (nSPS) is 18.0. The SMILES string of the molecule is CC(=O)Nc1ccn(C2CCN(c3ncc(Cl)cn3)C2)n1. The third-order valence-corrected chi connectivity index (χ3v) is 3.53. The van der Waals surface area contributed by atoms with Crippen molar-refractivity contribution in [1.82, 2.24) is 19.7 Å². The summed E-state index contributed by atoms with van der Waals surface area (Å²) < 4.78 is 1.88. The molecule has 3 rings (SSSR count). The summed E-state index contributed by atoms with van der Waals surface area (Å²) in [4.78, 5) is 21.6. The van der Waals surface area contributed by atoms with E-state index in [0.717, 1.165) is 19.5 Å². The molecule has 1 aliphatic rings. The highest BCUT2D eigenvalue weighted by molar-refractivity contribution is 6.30. The molecule has 0 aromatic carbocycles. The predicted octanol–water partition coefficient (Wildman–Crippen LogP) is 1.74. The first-order valence-electron chi connectivity index (χ1n) is 6.67. The summed E-state index contributed by atoms with van der Waals surface area (Å²) in [6, 6.07) is 2.04. The Balaban J connectivity index is 1.67. The number of aromatic nitrogens is 4. The van der Waals surface area contributed by atoms with Crippen molar-refractivity contribution in [3.8, 4) is 0 Å². The molecule has 3 heterocycles. The Labute approximate surface area is 126 Å². The van der Waals surface area contributed by atoms with Crippen LogP contribution in [0.2, 0.25) is 5.02 Å². The van der Waals surface area contributed by atoms with Gasteiger partial charge < -0.3 is 10.2 Å². The fourth-order valence-corrected chi connectivity index (χ4v) is 2.49. The number of anilines is 2. The quantitative estimate of drug-likeness (QED) is 0.934. The van der Waals surface area contributed by atoms with E-state index in [1.165, 1.54) is 6.92 Å². The molecule has 1 aliphatic heterocycles. The molecule has 0 radical (unpaired) electrons. The van der Waals surface area contributed by atoms with Crippen molar-refractivity contribution in [3.63, 3.8) is 0 Å². The number of halogens is 1. The maximum absolute atomic E-state index is 11.0. The van der Waals surface area contributed by atoms with Crippen molar-refractivity contribution in [2.45, 2.75) is 19.4 Å². The van der Waals surface area contributed by atoms with Gasteiger partial charge in [-0.05, 0) is 6.42 Å². The number of hydrogen-bond acceptors (Lipinski definition) is 5. The van der Waals surface area contributed by atoms with Gasteiger partial charge in [0.25, 0.3) is 0 Å². The maximum Gasteiger partial charge on any atom is 0.225 e. The van der Waals surface area contributed by atoms with Crippen LogP contribution >= 0.6 is 11.6 Å². The second kappa shape index (κ2) is 5.69. The Kier molecular flexibility index (Phi) is 3.74. The minimum Gasteiger partial charge on any atom is -0.339 e. The molecule has 1 atom stereocenters. The van der Waals surface area contributed by atoms with Crippen LogP contribution in [0.1, 0.15) is 19.4 Å². The zero-order valence-corrected chi connectivity index (χ0v) is 12.3. The van der Waals surface area contributed by atoms with Gasteiger partial charge in [-0.3, -0.25) is 9.48 Å². The van der Waals surface area contributed by atoms with Crippen LogP contribution in [0.5, 0.6) is 0 Å². The molecule has 0 bridgehead atoms. The molecular formula is C13H15ClN6O. The lowest BCUT2D eigenvalue weighted by Crippen LogP contribution is -2.23. The van der Waals surface area contributed by atoms with Crippen molar-refractivity contribution in [1.29, 1.82) is 0 Å². The minimum atomic E-state index is -0.122. The highest BCUT2D eigenvalue weighted by Gasteiger charge is 2.26. The third-order valence-electron chi connectivity index (χ3n) is 3.34. The van der Waals surface area contributed by atoms with E-state index in [0.29, 0.717) is 16.8 Å². The van der Waals surface area contributed by atoms with E-state index in [4.69, 9.17) is 11.6 Å². The van der Waals surface area contributed by atoms with Crippen LogP contribution in [0.15, 0.2) is 24.7 Å². The van der Waals surface area contributed by atoms with Crippen LogP contribution in [-0.2, 0) is 4.79 Å². The van der Waals surface area contributed by atoms with Gasteiger partial charge in [0.05, 0.1) is 23.5 Å². The Morgan fingerprint density at radius 2 is 2.19 bits per heavy atom. The van der Waals surface area contributed by atoms with E-state index in [1.54, 1.807) is 18.5 Å². The lowest BCUT2D eigenvalue weighted by molar-refractivity contribution is -0.114. The number of hydrogen-bond donors (Lipinski definition) is 1. The third kappa shape index (κ3) is 3.13. The Bertz CT molecular complexity index is 640. The Hall–Kier alpha value is -2.15. The molecule has 8 heteroatoms. The van der Waals surface area contributed by atoms with Crippen molar-refractivity contribution >= 4 is 29.3 Å². The van der Waals surface area contributed by atoms with Crippen LogP contribution in [0.25, 0.3) is 0 Å². The molecule has 0 spiro atoms. The second-order valence-electron chi connectivity index (χ2n) is 4.95. The van der Waals surface area contributed by atoms with Gasteiger partial charge in [0.1, 0.15) is 0 Å². The first kappa shape index (κ1) is 13.8. The number of amides is 1. The van der Waals surface area contributed by atoms with E-state index in [-0.39, 0.29) is 11.9 Å². The van der Waals surface area contributed by atoms with E-state index in [2.05, 4.69) is 25.3 Å². The van der Waals surface area contributed by atoms with Crippen LogP contribution in [-0.4, -0.2) is 38.7 Å². The van der Waals surface area contributed by atoms with Gasteiger partial charge in [-0.1, -0.05) is 11.6 Å². The molecule has 1 amide bonds. The summed E-state index contributed by atoms with van der Waals surface area (Å²) >= 11 is 5.80. The zero-order chi connectivity index (χ0) is 14.8. The molecule has 7 nitrogen and oxygen atoms in total. The molecule has 1 N–H and O–H groups in total. The van der Waals surface area contributed by atoms with Crippen molar-refractivity contribution in [2.75, 3.05) is 23.3 Å². The lowest BCUT2D eigenvalue weighted by atomic mass is 10.3. The molecular weight excluding hydrogens is 292 g/mol. The number of nitrogens with one attached hydrogen (secondary N) is 1. The van der Waals surface area contributed by atoms with Crippen molar-refractivity contribution < 1.29 is 4.79 Å². The molecule has 2 aromatic heterocycles. The van der Waals surface area contributed by atoms with E-state index in [1.807, 2.05) is 10.9 Å². The summed E-state index contributed by atoms with van der Waals surface area (Å²) in [5.41, 5.74) is 0. The first-order chi connectivity index (χ1) is 10.1. The number of rotatable bonds is 3. The van der Waals surface area contributed by atoms with Gasteiger partial charge in [0.15, 0.2) is 5.82 Å². The highest BCUT2D eigenvalue weighted by atomic mass is 35.5. The van der Waals surface area contributed by atoms with Gasteiger partial charge in [-0.15, -0.1) is 0 Å². The van der Waals surface area contributed by atoms with Crippen LogP contribution in [0.4, 0.5) is 11.8 Å². The minimum absolute atomic E-state index is 0.122. The second-order valence-corrected chi connectivity index (χ2v) is 5.39. The Morgan fingerprint density at radius 1 is 1.43 bits per heavy atom. The lowest BCUT2D eigenvalue weighted by Gasteiger charge is -2.16. The van der Waals surface area contributed by atoms with Gasteiger partial charge in [-0.25, -0.2) is 9.97 Å². The van der Waals surface area contributed by atoms with E-state index < -0.39 is 0 Å². The average Bonchev–Trinajstić information content (AvgIpc) is 3.07. The van der Waals surface area contributed by atoms with Crippen LogP contribution in [0, 0.1) is 0 Å². The smallest absolute Gasteiger partial charge is 0.225 e. The van der Waals surface area contributed by atoms with E-state index in [9.17, 15) is 4.79 Å². The molecule has 1 unspecified atom stereocenters. The molecule has 21 heavy (non-hydrogen) atoms. The number of carbonyl (C=O) groups excluding carboxylic acids is 1. The molecule has 2 aromatic rings. The molecule has 0 saturated carbocycles. The largest absolute Gasteiger partial charge is 0.339 e. The number of carbonyl (C=O) groups is 1. The van der Waals surface area contributed by atoms with Gasteiger partial charge in [0, 0.05) is 32.3 Å². The fourth-order valence-electron chi connectivity index (χ4n) is 2.40. The molecule has 110 valence electrons. The van der Waals surface area contributed by atoms with Crippen molar-refractivity contribution in [3.05, 3.63) is 29.7 Å². The van der Waals surface area contributed by atoms with Crippen LogP contribution in [0.3, 0.4) is 0 Å². The van der Waals surface area contributed by atoms with Gasteiger partial charge in [0.2, 0.25) is 11.9 Å². The fraction of sp³-hybridized carbons (Fsp3) is 0.385. The average molecular weight is 307 g/mol. The Morgan fingerprint density at radius 3 is 2.90 bits per heavy atom. The summed E-state index contributed by atoms with van der Waals surface area (Å²) in [5, 5.41) is 7.57. The van der Waals surface area contributed by atoms with Crippen LogP contribution < -0.4 is 10.2 Å². The summed E-state index contributed by atoms with van der Waals surface area (Å²) in [5.74, 6) is 1.13. The topological polar surface area (TPSA) is 75.9 Å². The van der Waals surface area contributed by atoms with E-state index >= 15 is 0 Å².